The topological polar surface area (TPSA) is 87.2 Å². The molecule has 0 aromatic heterocycles. The van der Waals surface area contributed by atoms with Crippen molar-refractivity contribution in [3.63, 3.8) is 0 Å². The quantitative estimate of drug-likeness (QED) is 0.627. The van der Waals surface area contributed by atoms with E-state index in [0.717, 1.165) is 9.87 Å². The Morgan fingerprint density at radius 3 is 2.29 bits per heavy atom. The fourth-order valence-electron chi connectivity index (χ4n) is 1.41. The molecule has 6 heteroatoms. The summed E-state index contributed by atoms with van der Waals surface area (Å²) in [6.07, 6.45) is 0.602. The summed E-state index contributed by atoms with van der Waals surface area (Å²) >= 11 is 0. The number of guanidine groups is 1. The highest BCUT2D eigenvalue weighted by molar-refractivity contribution is 7.89. The third kappa shape index (κ3) is 2.97. The van der Waals surface area contributed by atoms with E-state index in [0.29, 0.717) is 6.42 Å². The minimum Gasteiger partial charge on any atom is -0.369 e. The molecule has 1 aromatic rings. The van der Waals surface area contributed by atoms with E-state index in [1.807, 2.05) is 13.8 Å². The van der Waals surface area contributed by atoms with E-state index < -0.39 is 16.0 Å². The van der Waals surface area contributed by atoms with Crippen molar-refractivity contribution >= 4 is 16.0 Å². The summed E-state index contributed by atoms with van der Waals surface area (Å²) < 4.78 is 25.3. The van der Waals surface area contributed by atoms with Crippen LogP contribution in [0.25, 0.3) is 0 Å². The van der Waals surface area contributed by atoms with Crippen LogP contribution < -0.4 is 5.73 Å². The van der Waals surface area contributed by atoms with Crippen LogP contribution in [0.5, 0.6) is 0 Å². The third-order valence-corrected chi connectivity index (χ3v) is 4.13. The number of rotatable bonds is 4. The number of sulfonamides is 1. The molecule has 0 aliphatic rings. The number of nitrogens with one attached hydrogen (secondary N) is 1. The Bertz CT molecular complexity index is 494. The Balaban J connectivity index is 3.16. The molecule has 5 nitrogen and oxygen atoms in total. The normalized spacial score (nSPS) is 11.2. The van der Waals surface area contributed by atoms with Gasteiger partial charge in [-0.05, 0) is 25.5 Å². The van der Waals surface area contributed by atoms with Gasteiger partial charge in [-0.2, -0.15) is 0 Å². The van der Waals surface area contributed by atoms with E-state index >= 15 is 0 Å². The standard InChI is InChI=1S/C11H17N3O2S/c1-3-8-14(11(12)13)17(15,16)10-6-4-9(2)5-7-10/h4-7H,3,8H2,1-2H3,(H3,12,13). The zero-order valence-corrected chi connectivity index (χ0v) is 10.8. The minimum absolute atomic E-state index is 0.159. The van der Waals surface area contributed by atoms with Crippen LogP contribution in [-0.2, 0) is 10.0 Å². The van der Waals surface area contributed by atoms with Gasteiger partial charge in [-0.15, -0.1) is 0 Å². The van der Waals surface area contributed by atoms with Crippen LogP contribution in [-0.4, -0.2) is 25.2 Å². The zero-order chi connectivity index (χ0) is 13.1. The molecule has 1 rings (SSSR count). The summed E-state index contributed by atoms with van der Waals surface area (Å²) in [7, 11) is -3.70. The Labute approximate surface area is 102 Å². The van der Waals surface area contributed by atoms with Crippen molar-refractivity contribution in [3.8, 4) is 0 Å². The fourth-order valence-corrected chi connectivity index (χ4v) is 2.83. The molecule has 0 spiro atoms. The van der Waals surface area contributed by atoms with Gasteiger partial charge < -0.3 is 5.73 Å². The molecule has 0 aliphatic carbocycles. The lowest BCUT2D eigenvalue weighted by Gasteiger charge is -2.21. The molecule has 0 saturated heterocycles. The molecule has 0 aliphatic heterocycles. The van der Waals surface area contributed by atoms with Crippen molar-refractivity contribution in [1.29, 1.82) is 5.41 Å². The van der Waals surface area contributed by atoms with E-state index in [1.165, 1.54) is 12.1 Å². The molecule has 0 amide bonds. The van der Waals surface area contributed by atoms with Gasteiger partial charge in [0.05, 0.1) is 4.90 Å². The van der Waals surface area contributed by atoms with Gasteiger partial charge in [0.2, 0.25) is 5.96 Å². The second-order valence-electron chi connectivity index (χ2n) is 3.78. The second-order valence-corrected chi connectivity index (χ2v) is 5.64. The summed E-state index contributed by atoms with van der Waals surface area (Å²) in [5, 5.41) is 7.33. The maximum absolute atomic E-state index is 12.2. The van der Waals surface area contributed by atoms with Gasteiger partial charge in [-0.3, -0.25) is 5.41 Å². The average Bonchev–Trinajstić information content (AvgIpc) is 2.25. The van der Waals surface area contributed by atoms with Crippen LogP contribution in [0.15, 0.2) is 29.2 Å². The Morgan fingerprint density at radius 1 is 1.35 bits per heavy atom. The maximum atomic E-state index is 12.2. The highest BCUT2D eigenvalue weighted by atomic mass is 32.2. The summed E-state index contributed by atoms with van der Waals surface area (Å²) in [6, 6.07) is 6.49. The van der Waals surface area contributed by atoms with Crippen LogP contribution >= 0.6 is 0 Å². The van der Waals surface area contributed by atoms with Gasteiger partial charge in [-0.1, -0.05) is 24.6 Å². The first-order valence-electron chi connectivity index (χ1n) is 5.33. The van der Waals surface area contributed by atoms with E-state index in [9.17, 15) is 8.42 Å². The van der Waals surface area contributed by atoms with Crippen LogP contribution in [0.2, 0.25) is 0 Å². The second kappa shape index (κ2) is 5.18. The zero-order valence-electron chi connectivity index (χ0n) is 9.97. The summed E-state index contributed by atoms with van der Waals surface area (Å²) in [5.41, 5.74) is 6.29. The Hall–Kier alpha value is -1.56. The number of benzene rings is 1. The lowest BCUT2D eigenvalue weighted by atomic mass is 10.2. The van der Waals surface area contributed by atoms with Crippen LogP contribution in [0.4, 0.5) is 0 Å². The molecule has 0 heterocycles. The van der Waals surface area contributed by atoms with Crippen LogP contribution in [0.1, 0.15) is 18.9 Å². The molecular weight excluding hydrogens is 238 g/mol. The molecule has 0 unspecified atom stereocenters. The molecule has 3 N–H and O–H groups in total. The van der Waals surface area contributed by atoms with E-state index in [2.05, 4.69) is 0 Å². The predicted molar refractivity (Wildman–Crippen MR) is 67.3 cm³/mol. The van der Waals surface area contributed by atoms with E-state index in [4.69, 9.17) is 11.1 Å². The minimum atomic E-state index is -3.70. The smallest absolute Gasteiger partial charge is 0.266 e. The van der Waals surface area contributed by atoms with Gasteiger partial charge in [0.25, 0.3) is 10.0 Å². The summed E-state index contributed by atoms with van der Waals surface area (Å²) in [4.78, 5) is 0.159. The third-order valence-electron chi connectivity index (χ3n) is 2.30. The number of nitrogens with zero attached hydrogens (tertiary/aromatic N) is 1. The molecule has 1 aromatic carbocycles. The van der Waals surface area contributed by atoms with Gasteiger partial charge in [0.15, 0.2) is 0 Å². The SMILES string of the molecule is CCCN(C(=N)N)S(=O)(=O)c1ccc(C)cc1. The van der Waals surface area contributed by atoms with Gasteiger partial charge in [-0.25, -0.2) is 12.7 Å². The molecule has 0 bridgehead atoms. The first-order valence-corrected chi connectivity index (χ1v) is 6.77. The van der Waals surface area contributed by atoms with E-state index in [1.54, 1.807) is 12.1 Å². The van der Waals surface area contributed by atoms with Crippen molar-refractivity contribution in [2.45, 2.75) is 25.2 Å². The number of nitrogens with two attached hydrogens (primary N) is 1. The Morgan fingerprint density at radius 2 is 1.88 bits per heavy atom. The van der Waals surface area contributed by atoms with Crippen molar-refractivity contribution < 1.29 is 8.42 Å². The molecule has 0 fully saturated rings. The van der Waals surface area contributed by atoms with Crippen molar-refractivity contribution in [2.75, 3.05) is 6.54 Å². The summed E-state index contributed by atoms with van der Waals surface area (Å²) in [5.74, 6) is -0.451. The van der Waals surface area contributed by atoms with E-state index in [-0.39, 0.29) is 11.4 Å². The molecule has 94 valence electrons. The fraction of sp³-hybridized carbons (Fsp3) is 0.364. The largest absolute Gasteiger partial charge is 0.369 e. The molecule has 17 heavy (non-hydrogen) atoms. The first kappa shape index (κ1) is 13.5. The average molecular weight is 255 g/mol. The number of hydrogen-bond acceptors (Lipinski definition) is 3. The molecule has 0 saturated carbocycles. The van der Waals surface area contributed by atoms with Crippen molar-refractivity contribution in [2.24, 2.45) is 5.73 Å². The Kier molecular flexibility index (Phi) is 4.11. The number of hydrogen-bond donors (Lipinski definition) is 2. The maximum Gasteiger partial charge on any atom is 0.266 e. The monoisotopic (exact) mass is 255 g/mol. The summed E-state index contributed by atoms with van der Waals surface area (Å²) in [6.45, 7) is 3.93. The van der Waals surface area contributed by atoms with Gasteiger partial charge in [0, 0.05) is 6.54 Å². The van der Waals surface area contributed by atoms with Gasteiger partial charge in [0.1, 0.15) is 0 Å². The lowest BCUT2D eigenvalue weighted by molar-refractivity contribution is 0.514. The lowest BCUT2D eigenvalue weighted by Crippen LogP contribution is -2.41. The molecule has 0 atom stereocenters. The molecular formula is C11H17N3O2S. The highest BCUT2D eigenvalue weighted by Gasteiger charge is 2.24. The van der Waals surface area contributed by atoms with Gasteiger partial charge >= 0.3 is 0 Å². The van der Waals surface area contributed by atoms with Crippen LogP contribution in [0.3, 0.4) is 0 Å². The number of aryl methyl sites for hydroxylation is 1. The van der Waals surface area contributed by atoms with Crippen molar-refractivity contribution in [1.82, 2.24) is 4.31 Å². The highest BCUT2D eigenvalue weighted by Crippen LogP contribution is 2.16. The predicted octanol–water partition coefficient (Wildman–Crippen LogP) is 1.29. The van der Waals surface area contributed by atoms with Crippen molar-refractivity contribution in [3.05, 3.63) is 29.8 Å². The molecule has 0 radical (unpaired) electrons. The van der Waals surface area contributed by atoms with Crippen LogP contribution in [0, 0.1) is 12.3 Å². The first-order chi connectivity index (χ1) is 7.89.